The van der Waals surface area contributed by atoms with E-state index >= 15 is 0 Å². The minimum absolute atomic E-state index is 0.315. The number of hydrogen-bond acceptors (Lipinski definition) is 3. The SMILES string of the molecule is CC(CN1CCCC1=O)NC1CSc2ccccc21. The van der Waals surface area contributed by atoms with Gasteiger partial charge in [0.2, 0.25) is 5.91 Å². The number of nitrogens with zero attached hydrogens (tertiary/aromatic N) is 1. The van der Waals surface area contributed by atoms with Crippen LogP contribution in [0.2, 0.25) is 0 Å². The first-order chi connectivity index (χ1) is 9.24. The second-order valence-corrected chi connectivity index (χ2v) is 6.47. The first kappa shape index (κ1) is 13.0. The highest BCUT2D eigenvalue weighted by Gasteiger charge is 2.26. The van der Waals surface area contributed by atoms with Crippen molar-refractivity contribution < 1.29 is 4.79 Å². The quantitative estimate of drug-likeness (QED) is 0.916. The van der Waals surface area contributed by atoms with E-state index in [0.29, 0.717) is 18.0 Å². The van der Waals surface area contributed by atoms with Gasteiger partial charge in [-0.1, -0.05) is 18.2 Å². The number of carbonyl (C=O) groups excluding carboxylic acids is 1. The Bertz CT molecular complexity index is 477. The summed E-state index contributed by atoms with van der Waals surface area (Å²) >= 11 is 1.92. The van der Waals surface area contributed by atoms with Gasteiger partial charge in [0.15, 0.2) is 0 Å². The molecule has 2 aliphatic heterocycles. The molecule has 1 aromatic carbocycles. The summed E-state index contributed by atoms with van der Waals surface area (Å²) in [6.07, 6.45) is 1.75. The first-order valence-electron chi connectivity index (χ1n) is 6.99. The molecule has 3 nitrogen and oxygen atoms in total. The Balaban J connectivity index is 1.58. The monoisotopic (exact) mass is 276 g/mol. The number of rotatable bonds is 4. The highest BCUT2D eigenvalue weighted by Crippen LogP contribution is 2.37. The van der Waals surface area contributed by atoms with Crippen molar-refractivity contribution in [3.05, 3.63) is 29.8 Å². The summed E-state index contributed by atoms with van der Waals surface area (Å²) in [5, 5.41) is 3.67. The highest BCUT2D eigenvalue weighted by atomic mass is 32.2. The molecule has 2 heterocycles. The lowest BCUT2D eigenvalue weighted by Crippen LogP contribution is -2.41. The van der Waals surface area contributed by atoms with Crippen molar-refractivity contribution in [1.29, 1.82) is 0 Å². The third-order valence-corrected chi connectivity index (χ3v) is 5.03. The van der Waals surface area contributed by atoms with Crippen LogP contribution in [0.4, 0.5) is 0 Å². The van der Waals surface area contributed by atoms with Crippen LogP contribution in [0.1, 0.15) is 31.4 Å². The molecule has 102 valence electrons. The molecular formula is C15H20N2OS. The van der Waals surface area contributed by atoms with Gasteiger partial charge in [-0.05, 0) is 25.0 Å². The van der Waals surface area contributed by atoms with Gasteiger partial charge in [-0.2, -0.15) is 0 Å². The molecular weight excluding hydrogens is 256 g/mol. The molecule has 0 aromatic heterocycles. The average Bonchev–Trinajstić information content (AvgIpc) is 2.98. The second-order valence-electron chi connectivity index (χ2n) is 5.41. The van der Waals surface area contributed by atoms with Crippen LogP contribution in [0, 0.1) is 0 Å². The van der Waals surface area contributed by atoms with Crippen molar-refractivity contribution in [2.75, 3.05) is 18.8 Å². The summed E-state index contributed by atoms with van der Waals surface area (Å²) in [5.41, 5.74) is 1.41. The van der Waals surface area contributed by atoms with E-state index in [-0.39, 0.29) is 0 Å². The summed E-state index contributed by atoms with van der Waals surface area (Å²) in [6, 6.07) is 9.37. The molecule has 0 spiro atoms. The van der Waals surface area contributed by atoms with Gasteiger partial charge in [0.25, 0.3) is 0 Å². The highest BCUT2D eigenvalue weighted by molar-refractivity contribution is 7.99. The summed E-state index contributed by atoms with van der Waals surface area (Å²) < 4.78 is 0. The summed E-state index contributed by atoms with van der Waals surface area (Å²) in [6.45, 7) is 3.94. The van der Waals surface area contributed by atoms with Crippen molar-refractivity contribution in [1.82, 2.24) is 10.2 Å². The maximum atomic E-state index is 11.6. The van der Waals surface area contributed by atoms with Crippen molar-refractivity contribution >= 4 is 17.7 Å². The molecule has 19 heavy (non-hydrogen) atoms. The number of likely N-dealkylation sites (tertiary alicyclic amines) is 1. The minimum Gasteiger partial charge on any atom is -0.341 e. The molecule has 1 N–H and O–H groups in total. The van der Waals surface area contributed by atoms with Crippen LogP contribution >= 0.6 is 11.8 Å². The molecule has 2 atom stereocenters. The van der Waals surface area contributed by atoms with Crippen LogP contribution in [0.15, 0.2) is 29.2 Å². The standard InChI is InChI=1S/C15H20N2OS/c1-11(9-17-8-4-7-15(17)18)16-13-10-19-14-6-3-2-5-12(13)14/h2-3,5-6,11,13,16H,4,7-10H2,1H3. The predicted octanol–water partition coefficient (Wildman–Crippen LogP) is 2.43. The Labute approximate surface area is 118 Å². The molecule has 0 saturated carbocycles. The van der Waals surface area contributed by atoms with Crippen LogP contribution in [0.5, 0.6) is 0 Å². The maximum Gasteiger partial charge on any atom is 0.222 e. The van der Waals surface area contributed by atoms with Gasteiger partial charge in [-0.3, -0.25) is 4.79 Å². The van der Waals surface area contributed by atoms with E-state index in [1.165, 1.54) is 10.5 Å². The van der Waals surface area contributed by atoms with Gasteiger partial charge < -0.3 is 10.2 Å². The van der Waals surface area contributed by atoms with Gasteiger partial charge in [-0.15, -0.1) is 11.8 Å². The number of amides is 1. The lowest BCUT2D eigenvalue weighted by Gasteiger charge is -2.24. The summed E-state index contributed by atoms with van der Waals surface area (Å²) in [4.78, 5) is 15.0. The molecule has 2 unspecified atom stereocenters. The Morgan fingerprint density at radius 3 is 3.11 bits per heavy atom. The molecule has 0 bridgehead atoms. The number of fused-ring (bicyclic) bond motifs is 1. The Kier molecular flexibility index (Phi) is 3.80. The zero-order valence-electron chi connectivity index (χ0n) is 11.3. The predicted molar refractivity (Wildman–Crippen MR) is 78.3 cm³/mol. The normalized spacial score (nSPS) is 23.7. The van der Waals surface area contributed by atoms with Crippen LogP contribution in [0.3, 0.4) is 0 Å². The molecule has 2 aliphatic rings. The Hall–Kier alpha value is -1.00. The van der Waals surface area contributed by atoms with E-state index in [1.807, 2.05) is 16.7 Å². The Morgan fingerprint density at radius 2 is 2.32 bits per heavy atom. The molecule has 1 aromatic rings. The molecule has 1 amide bonds. The van der Waals surface area contributed by atoms with E-state index in [1.54, 1.807) is 0 Å². The second kappa shape index (κ2) is 5.55. The van der Waals surface area contributed by atoms with E-state index < -0.39 is 0 Å². The summed E-state index contributed by atoms with van der Waals surface area (Å²) in [5.74, 6) is 1.41. The van der Waals surface area contributed by atoms with Gasteiger partial charge in [0.1, 0.15) is 0 Å². The lowest BCUT2D eigenvalue weighted by atomic mass is 10.1. The number of thioether (sulfide) groups is 1. The average molecular weight is 276 g/mol. The van der Waals surface area contributed by atoms with Crippen molar-refractivity contribution in [2.24, 2.45) is 0 Å². The van der Waals surface area contributed by atoms with E-state index in [2.05, 4.69) is 36.5 Å². The molecule has 1 saturated heterocycles. The minimum atomic E-state index is 0.315. The molecule has 3 rings (SSSR count). The third-order valence-electron chi connectivity index (χ3n) is 3.85. The topological polar surface area (TPSA) is 32.3 Å². The van der Waals surface area contributed by atoms with Gasteiger partial charge in [-0.25, -0.2) is 0 Å². The van der Waals surface area contributed by atoms with Gasteiger partial charge in [0.05, 0.1) is 0 Å². The van der Waals surface area contributed by atoms with E-state index in [9.17, 15) is 4.79 Å². The van der Waals surface area contributed by atoms with Gasteiger partial charge in [0, 0.05) is 42.2 Å². The third kappa shape index (κ3) is 2.79. The summed E-state index contributed by atoms with van der Waals surface area (Å²) in [7, 11) is 0. The number of carbonyl (C=O) groups is 1. The van der Waals surface area contributed by atoms with Crippen LogP contribution in [-0.4, -0.2) is 35.7 Å². The zero-order chi connectivity index (χ0) is 13.2. The molecule has 1 fully saturated rings. The molecule has 4 heteroatoms. The van der Waals surface area contributed by atoms with Crippen molar-refractivity contribution in [3.63, 3.8) is 0 Å². The molecule has 0 radical (unpaired) electrons. The zero-order valence-corrected chi connectivity index (χ0v) is 12.1. The van der Waals surface area contributed by atoms with Crippen LogP contribution in [0.25, 0.3) is 0 Å². The fraction of sp³-hybridized carbons (Fsp3) is 0.533. The first-order valence-corrected chi connectivity index (χ1v) is 7.98. The van der Waals surface area contributed by atoms with Crippen molar-refractivity contribution in [3.8, 4) is 0 Å². The van der Waals surface area contributed by atoms with E-state index in [4.69, 9.17) is 0 Å². The smallest absolute Gasteiger partial charge is 0.222 e. The van der Waals surface area contributed by atoms with Crippen molar-refractivity contribution in [2.45, 2.75) is 36.7 Å². The number of nitrogens with one attached hydrogen (secondary N) is 1. The Morgan fingerprint density at radius 1 is 1.47 bits per heavy atom. The van der Waals surface area contributed by atoms with Crippen LogP contribution in [-0.2, 0) is 4.79 Å². The fourth-order valence-electron chi connectivity index (χ4n) is 2.92. The maximum absolute atomic E-state index is 11.6. The number of hydrogen-bond donors (Lipinski definition) is 1. The van der Waals surface area contributed by atoms with Crippen LogP contribution < -0.4 is 5.32 Å². The fourth-order valence-corrected chi connectivity index (χ4v) is 4.10. The van der Waals surface area contributed by atoms with E-state index in [0.717, 1.165) is 31.7 Å². The lowest BCUT2D eigenvalue weighted by molar-refractivity contribution is -0.127. The largest absolute Gasteiger partial charge is 0.341 e. The molecule has 0 aliphatic carbocycles. The van der Waals surface area contributed by atoms with Gasteiger partial charge >= 0.3 is 0 Å². The number of benzene rings is 1.